The molecule has 4 heteroatoms. The summed E-state index contributed by atoms with van der Waals surface area (Å²) in [6, 6.07) is 4.13. The van der Waals surface area contributed by atoms with Crippen LogP contribution in [0.3, 0.4) is 0 Å². The number of nitrogen functional groups attached to an aromatic ring is 1. The molecule has 0 heterocycles. The number of carbonyl (C=O) groups excluding carboxylic acids is 1. The summed E-state index contributed by atoms with van der Waals surface area (Å²) >= 11 is 0. The van der Waals surface area contributed by atoms with Gasteiger partial charge in [-0.2, -0.15) is 0 Å². The normalized spacial score (nSPS) is 15.8. The number of rotatable bonds is 2. The number of hydrogen-bond acceptors (Lipinski definition) is 2. The second-order valence-electron chi connectivity index (χ2n) is 3.87. The second-order valence-corrected chi connectivity index (χ2v) is 3.87. The number of amides is 1. The van der Waals surface area contributed by atoms with Gasteiger partial charge < -0.3 is 11.1 Å². The summed E-state index contributed by atoms with van der Waals surface area (Å²) in [7, 11) is 0. The number of nitrogens with one attached hydrogen (secondary N) is 1. The van der Waals surface area contributed by atoms with E-state index in [-0.39, 0.29) is 17.6 Å². The molecule has 1 fully saturated rings. The first-order chi connectivity index (χ1) is 7.15. The van der Waals surface area contributed by atoms with Crippen LogP contribution in [-0.2, 0) is 0 Å². The molecule has 0 spiro atoms. The standard InChI is InChI=1S/C11H13FN2O/c12-8-4-7(5-9(13)6-8)11(15)14-10-2-1-3-10/h4-6,10H,1-3,13H2,(H,14,15). The van der Waals surface area contributed by atoms with Gasteiger partial charge >= 0.3 is 0 Å². The van der Waals surface area contributed by atoms with Crippen molar-refractivity contribution in [2.45, 2.75) is 25.3 Å². The van der Waals surface area contributed by atoms with Gasteiger partial charge in [0.05, 0.1) is 0 Å². The van der Waals surface area contributed by atoms with Crippen LogP contribution in [0.2, 0.25) is 0 Å². The molecule has 2 rings (SSSR count). The van der Waals surface area contributed by atoms with Crippen molar-refractivity contribution in [3.63, 3.8) is 0 Å². The van der Waals surface area contributed by atoms with E-state index in [4.69, 9.17) is 5.73 Å². The molecular weight excluding hydrogens is 195 g/mol. The molecule has 3 N–H and O–H groups in total. The van der Waals surface area contributed by atoms with Crippen molar-refractivity contribution in [1.29, 1.82) is 0 Å². The van der Waals surface area contributed by atoms with Crippen LogP contribution >= 0.6 is 0 Å². The third-order valence-electron chi connectivity index (χ3n) is 2.62. The maximum Gasteiger partial charge on any atom is 0.251 e. The maximum atomic E-state index is 13.0. The molecular formula is C11H13FN2O. The predicted molar refractivity (Wildman–Crippen MR) is 55.9 cm³/mol. The average molecular weight is 208 g/mol. The zero-order chi connectivity index (χ0) is 10.8. The van der Waals surface area contributed by atoms with Gasteiger partial charge in [0.2, 0.25) is 0 Å². The molecule has 1 amide bonds. The molecule has 15 heavy (non-hydrogen) atoms. The Bertz CT molecular complexity index is 368. The minimum atomic E-state index is -0.478. The lowest BCUT2D eigenvalue weighted by atomic mass is 9.93. The van der Waals surface area contributed by atoms with E-state index in [0.29, 0.717) is 5.56 Å². The number of nitrogens with two attached hydrogens (primary N) is 1. The zero-order valence-electron chi connectivity index (χ0n) is 8.29. The lowest BCUT2D eigenvalue weighted by molar-refractivity contribution is 0.0916. The van der Waals surface area contributed by atoms with Gasteiger partial charge in [-0.1, -0.05) is 0 Å². The summed E-state index contributed by atoms with van der Waals surface area (Å²) in [5.41, 5.74) is 6.02. The van der Waals surface area contributed by atoms with Gasteiger partial charge in [0.1, 0.15) is 5.82 Å². The molecule has 0 saturated heterocycles. The number of carbonyl (C=O) groups is 1. The molecule has 1 aromatic carbocycles. The lowest BCUT2D eigenvalue weighted by Gasteiger charge is -2.26. The van der Waals surface area contributed by atoms with Crippen molar-refractivity contribution in [1.82, 2.24) is 5.32 Å². The Morgan fingerprint density at radius 2 is 2.13 bits per heavy atom. The highest BCUT2D eigenvalue weighted by Gasteiger charge is 2.20. The average Bonchev–Trinajstić information content (AvgIpc) is 2.09. The van der Waals surface area contributed by atoms with Crippen LogP contribution in [0.4, 0.5) is 10.1 Å². The Labute approximate surface area is 87.5 Å². The Kier molecular flexibility index (Phi) is 2.58. The van der Waals surface area contributed by atoms with Crippen molar-refractivity contribution in [2.24, 2.45) is 0 Å². The first-order valence-electron chi connectivity index (χ1n) is 5.02. The number of anilines is 1. The molecule has 1 aliphatic carbocycles. The van der Waals surface area contributed by atoms with Crippen LogP contribution in [0, 0.1) is 5.82 Å². The van der Waals surface area contributed by atoms with Gasteiger partial charge in [-0.3, -0.25) is 4.79 Å². The van der Waals surface area contributed by atoms with Crippen LogP contribution in [-0.4, -0.2) is 11.9 Å². The lowest BCUT2D eigenvalue weighted by Crippen LogP contribution is -2.39. The van der Waals surface area contributed by atoms with Crippen molar-refractivity contribution in [3.05, 3.63) is 29.6 Å². The number of benzene rings is 1. The predicted octanol–water partition coefficient (Wildman–Crippen LogP) is 1.69. The van der Waals surface area contributed by atoms with E-state index in [1.807, 2.05) is 0 Å². The quantitative estimate of drug-likeness (QED) is 0.727. The molecule has 3 nitrogen and oxygen atoms in total. The smallest absolute Gasteiger partial charge is 0.251 e. The van der Waals surface area contributed by atoms with E-state index in [0.717, 1.165) is 19.3 Å². The molecule has 1 aromatic rings. The molecule has 0 aromatic heterocycles. The molecule has 0 atom stereocenters. The summed E-state index contributed by atoms with van der Waals surface area (Å²) in [5.74, 6) is -0.723. The van der Waals surface area contributed by atoms with Gasteiger partial charge in [0.25, 0.3) is 5.91 Å². The molecule has 1 aliphatic rings. The van der Waals surface area contributed by atoms with Crippen LogP contribution < -0.4 is 11.1 Å². The largest absolute Gasteiger partial charge is 0.399 e. The molecule has 0 aliphatic heterocycles. The summed E-state index contributed by atoms with van der Waals surface area (Å²) in [5, 5.41) is 2.83. The maximum absolute atomic E-state index is 13.0. The third-order valence-corrected chi connectivity index (χ3v) is 2.62. The molecule has 80 valence electrons. The van der Waals surface area contributed by atoms with E-state index in [2.05, 4.69) is 5.32 Å². The van der Waals surface area contributed by atoms with Crippen molar-refractivity contribution >= 4 is 11.6 Å². The minimum absolute atomic E-state index is 0.245. The van der Waals surface area contributed by atoms with Crippen molar-refractivity contribution < 1.29 is 9.18 Å². The highest BCUT2D eigenvalue weighted by Crippen LogP contribution is 2.19. The van der Waals surface area contributed by atoms with Gasteiger partial charge in [0, 0.05) is 17.3 Å². The van der Waals surface area contributed by atoms with Gasteiger partial charge in [0.15, 0.2) is 0 Å². The Morgan fingerprint density at radius 1 is 1.40 bits per heavy atom. The van der Waals surface area contributed by atoms with Gasteiger partial charge in [-0.05, 0) is 37.5 Å². The summed E-state index contributed by atoms with van der Waals surface area (Å²) in [6.45, 7) is 0. The number of hydrogen-bond donors (Lipinski definition) is 2. The van der Waals surface area contributed by atoms with E-state index in [1.54, 1.807) is 0 Å². The number of halogens is 1. The Hall–Kier alpha value is -1.58. The summed E-state index contributed by atoms with van der Waals surface area (Å²) < 4.78 is 13.0. The molecule has 1 saturated carbocycles. The van der Waals surface area contributed by atoms with Crippen molar-refractivity contribution in [3.8, 4) is 0 Å². The fourth-order valence-corrected chi connectivity index (χ4v) is 1.56. The fraction of sp³-hybridized carbons (Fsp3) is 0.364. The summed E-state index contributed by atoms with van der Waals surface area (Å²) in [6.07, 6.45) is 3.17. The Morgan fingerprint density at radius 3 is 2.67 bits per heavy atom. The zero-order valence-corrected chi connectivity index (χ0v) is 8.29. The minimum Gasteiger partial charge on any atom is -0.399 e. The molecule has 0 unspecified atom stereocenters. The first-order valence-corrected chi connectivity index (χ1v) is 5.02. The van der Waals surface area contributed by atoms with Gasteiger partial charge in [-0.25, -0.2) is 4.39 Å². The third kappa shape index (κ3) is 2.26. The van der Waals surface area contributed by atoms with E-state index >= 15 is 0 Å². The van der Waals surface area contributed by atoms with E-state index < -0.39 is 5.82 Å². The van der Waals surface area contributed by atoms with Crippen LogP contribution in [0.25, 0.3) is 0 Å². The molecule has 0 radical (unpaired) electrons. The SMILES string of the molecule is Nc1cc(F)cc(C(=O)NC2CCC2)c1. The monoisotopic (exact) mass is 208 g/mol. The van der Waals surface area contributed by atoms with Crippen molar-refractivity contribution in [2.75, 3.05) is 5.73 Å². The highest BCUT2D eigenvalue weighted by atomic mass is 19.1. The first kappa shape index (κ1) is 9.96. The van der Waals surface area contributed by atoms with E-state index in [1.165, 1.54) is 18.2 Å². The molecule has 0 bridgehead atoms. The topological polar surface area (TPSA) is 55.1 Å². The van der Waals surface area contributed by atoms with E-state index in [9.17, 15) is 9.18 Å². The fourth-order valence-electron chi connectivity index (χ4n) is 1.56. The van der Waals surface area contributed by atoms with Crippen LogP contribution in [0.1, 0.15) is 29.6 Å². The Balaban J connectivity index is 2.10. The second kappa shape index (κ2) is 3.88. The van der Waals surface area contributed by atoms with Gasteiger partial charge in [-0.15, -0.1) is 0 Å². The van der Waals surface area contributed by atoms with Crippen LogP contribution in [0.15, 0.2) is 18.2 Å². The highest BCUT2D eigenvalue weighted by molar-refractivity contribution is 5.95. The summed E-state index contributed by atoms with van der Waals surface area (Å²) in [4.78, 5) is 11.6. The van der Waals surface area contributed by atoms with Crippen LogP contribution in [0.5, 0.6) is 0 Å².